The van der Waals surface area contributed by atoms with E-state index in [-0.39, 0.29) is 13.3 Å². The van der Waals surface area contributed by atoms with E-state index in [9.17, 15) is 9.59 Å². The summed E-state index contributed by atoms with van der Waals surface area (Å²) in [6, 6.07) is 14.9. The maximum Gasteiger partial charge on any atom is 0.311 e. The molecule has 0 saturated carbocycles. The van der Waals surface area contributed by atoms with Gasteiger partial charge in [-0.05, 0) is 23.3 Å². The quantitative estimate of drug-likeness (QED) is 0.868. The Kier molecular flexibility index (Phi) is 4.65. The lowest BCUT2D eigenvalue weighted by atomic mass is 10.2. The zero-order valence-electron chi connectivity index (χ0n) is 13.3. The van der Waals surface area contributed by atoms with Gasteiger partial charge in [0.2, 0.25) is 6.79 Å². The molecule has 0 radical (unpaired) electrons. The van der Waals surface area contributed by atoms with E-state index in [2.05, 4.69) is 5.32 Å². The molecule has 1 aliphatic rings. The molecule has 1 N–H and O–H groups in total. The molecule has 2 aromatic carbocycles. The summed E-state index contributed by atoms with van der Waals surface area (Å²) >= 11 is 0. The Morgan fingerprint density at radius 2 is 1.79 bits per heavy atom. The molecular weight excluding hydrogens is 308 g/mol. The Morgan fingerprint density at radius 3 is 2.58 bits per heavy atom. The van der Waals surface area contributed by atoms with Crippen LogP contribution in [0, 0.1) is 0 Å². The molecule has 2 aromatic rings. The minimum atomic E-state index is -0.633. The van der Waals surface area contributed by atoms with Gasteiger partial charge >= 0.3 is 11.8 Å². The van der Waals surface area contributed by atoms with E-state index in [4.69, 9.17) is 9.47 Å². The number of likely N-dealkylation sites (N-methyl/N-ethyl adjacent to an activating group) is 1. The standard InChI is InChI=1S/C18H18N2O4/c1-20(11-13-5-3-2-4-6-13)18(22)17(21)19-10-14-7-8-15-16(9-14)24-12-23-15/h2-9H,10-12H2,1H3,(H,19,21). The maximum atomic E-state index is 12.1. The molecule has 0 aliphatic carbocycles. The third-order valence-electron chi connectivity index (χ3n) is 3.69. The van der Waals surface area contributed by atoms with Gasteiger partial charge in [-0.25, -0.2) is 0 Å². The lowest BCUT2D eigenvalue weighted by molar-refractivity contribution is -0.145. The second-order valence-electron chi connectivity index (χ2n) is 5.52. The minimum absolute atomic E-state index is 0.202. The Bertz CT molecular complexity index is 746. The van der Waals surface area contributed by atoms with Crippen LogP contribution < -0.4 is 14.8 Å². The van der Waals surface area contributed by atoms with Crippen molar-refractivity contribution in [1.29, 1.82) is 0 Å². The van der Waals surface area contributed by atoms with Gasteiger partial charge in [-0.1, -0.05) is 36.4 Å². The molecule has 2 amide bonds. The number of hydrogen-bond donors (Lipinski definition) is 1. The number of carbonyl (C=O) groups is 2. The second-order valence-corrected chi connectivity index (χ2v) is 5.52. The van der Waals surface area contributed by atoms with Gasteiger partial charge in [0.15, 0.2) is 11.5 Å². The molecule has 0 saturated heterocycles. The molecule has 3 rings (SSSR count). The van der Waals surface area contributed by atoms with E-state index < -0.39 is 11.8 Å². The lowest BCUT2D eigenvalue weighted by Gasteiger charge is -2.16. The highest BCUT2D eigenvalue weighted by Gasteiger charge is 2.19. The van der Waals surface area contributed by atoms with Gasteiger partial charge in [-0.15, -0.1) is 0 Å². The van der Waals surface area contributed by atoms with Crippen LogP contribution in [0.15, 0.2) is 48.5 Å². The van der Waals surface area contributed by atoms with Gasteiger partial charge in [-0.3, -0.25) is 9.59 Å². The number of benzene rings is 2. The highest BCUT2D eigenvalue weighted by molar-refractivity contribution is 6.34. The van der Waals surface area contributed by atoms with E-state index >= 15 is 0 Å². The predicted octanol–water partition coefficient (Wildman–Crippen LogP) is 1.69. The van der Waals surface area contributed by atoms with Crippen molar-refractivity contribution in [2.45, 2.75) is 13.1 Å². The van der Waals surface area contributed by atoms with Gasteiger partial charge in [0.1, 0.15) is 0 Å². The first-order valence-corrected chi connectivity index (χ1v) is 7.59. The molecule has 24 heavy (non-hydrogen) atoms. The van der Waals surface area contributed by atoms with Crippen LogP contribution in [0.25, 0.3) is 0 Å². The zero-order valence-corrected chi connectivity index (χ0v) is 13.3. The van der Waals surface area contributed by atoms with Crippen LogP contribution in [0.2, 0.25) is 0 Å². The molecule has 6 nitrogen and oxygen atoms in total. The summed E-state index contributed by atoms with van der Waals surface area (Å²) < 4.78 is 10.5. The van der Waals surface area contributed by atoms with Crippen molar-refractivity contribution in [2.75, 3.05) is 13.8 Å². The fourth-order valence-electron chi connectivity index (χ4n) is 2.41. The molecule has 1 heterocycles. The Hall–Kier alpha value is -3.02. The summed E-state index contributed by atoms with van der Waals surface area (Å²) in [6.07, 6.45) is 0. The number of rotatable bonds is 4. The summed E-state index contributed by atoms with van der Waals surface area (Å²) in [5.41, 5.74) is 1.81. The largest absolute Gasteiger partial charge is 0.454 e. The van der Waals surface area contributed by atoms with Gasteiger partial charge in [-0.2, -0.15) is 0 Å². The number of nitrogens with zero attached hydrogens (tertiary/aromatic N) is 1. The third-order valence-corrected chi connectivity index (χ3v) is 3.69. The molecule has 0 unspecified atom stereocenters. The van der Waals surface area contributed by atoms with Crippen LogP contribution in [0.5, 0.6) is 11.5 Å². The SMILES string of the molecule is CN(Cc1ccccc1)C(=O)C(=O)NCc1ccc2c(c1)OCO2. The number of hydrogen-bond acceptors (Lipinski definition) is 4. The Balaban J connectivity index is 1.53. The van der Waals surface area contributed by atoms with Crippen LogP contribution in [0.1, 0.15) is 11.1 Å². The number of nitrogens with one attached hydrogen (secondary N) is 1. The van der Waals surface area contributed by atoms with Crippen molar-refractivity contribution in [3.05, 3.63) is 59.7 Å². The number of ether oxygens (including phenoxy) is 2. The number of amides is 2. The van der Waals surface area contributed by atoms with Crippen LogP contribution >= 0.6 is 0 Å². The van der Waals surface area contributed by atoms with Crippen molar-refractivity contribution in [1.82, 2.24) is 10.2 Å². The summed E-state index contributed by atoms with van der Waals surface area (Å²) in [5, 5.41) is 2.63. The first kappa shape index (κ1) is 15.9. The lowest BCUT2D eigenvalue weighted by Crippen LogP contribution is -2.40. The van der Waals surface area contributed by atoms with Crippen molar-refractivity contribution >= 4 is 11.8 Å². The molecule has 124 valence electrons. The maximum absolute atomic E-state index is 12.1. The minimum Gasteiger partial charge on any atom is -0.454 e. The van der Waals surface area contributed by atoms with E-state index in [0.29, 0.717) is 18.0 Å². The smallest absolute Gasteiger partial charge is 0.311 e. The summed E-state index contributed by atoms with van der Waals surface area (Å²) in [6.45, 7) is 0.839. The van der Waals surface area contributed by atoms with Gasteiger partial charge in [0.05, 0.1) is 0 Å². The molecule has 0 bridgehead atoms. The van der Waals surface area contributed by atoms with Crippen LogP contribution in [0.3, 0.4) is 0 Å². The molecular formula is C18H18N2O4. The predicted molar refractivity (Wildman–Crippen MR) is 87.3 cm³/mol. The first-order valence-electron chi connectivity index (χ1n) is 7.59. The summed E-state index contributed by atoms with van der Waals surface area (Å²) in [5.74, 6) is 0.128. The van der Waals surface area contributed by atoms with E-state index in [0.717, 1.165) is 11.1 Å². The van der Waals surface area contributed by atoms with Gasteiger partial charge < -0.3 is 19.7 Å². The molecule has 0 fully saturated rings. The zero-order chi connectivity index (χ0) is 16.9. The van der Waals surface area contributed by atoms with Crippen molar-refractivity contribution in [3.63, 3.8) is 0 Å². The highest BCUT2D eigenvalue weighted by atomic mass is 16.7. The second kappa shape index (κ2) is 7.04. The number of carbonyl (C=O) groups excluding carboxylic acids is 2. The topological polar surface area (TPSA) is 67.9 Å². The number of fused-ring (bicyclic) bond motifs is 1. The monoisotopic (exact) mass is 326 g/mol. The van der Waals surface area contributed by atoms with Crippen LogP contribution in [-0.4, -0.2) is 30.6 Å². The summed E-state index contributed by atoms with van der Waals surface area (Å²) in [4.78, 5) is 25.5. The molecule has 0 aromatic heterocycles. The normalized spacial score (nSPS) is 11.9. The Labute approximate surface area is 140 Å². The van der Waals surface area contributed by atoms with E-state index in [1.807, 2.05) is 36.4 Å². The molecule has 0 atom stereocenters. The van der Waals surface area contributed by atoms with Gasteiger partial charge in [0, 0.05) is 20.1 Å². The molecule has 6 heteroatoms. The van der Waals surface area contributed by atoms with Crippen molar-refractivity contribution in [2.24, 2.45) is 0 Å². The van der Waals surface area contributed by atoms with E-state index in [1.165, 1.54) is 4.90 Å². The highest BCUT2D eigenvalue weighted by Crippen LogP contribution is 2.32. The third kappa shape index (κ3) is 3.65. The van der Waals surface area contributed by atoms with Crippen molar-refractivity contribution in [3.8, 4) is 11.5 Å². The average molecular weight is 326 g/mol. The average Bonchev–Trinajstić information content (AvgIpc) is 3.07. The molecule has 0 spiro atoms. The fourth-order valence-corrected chi connectivity index (χ4v) is 2.41. The van der Waals surface area contributed by atoms with E-state index in [1.54, 1.807) is 19.2 Å². The van der Waals surface area contributed by atoms with Gasteiger partial charge in [0.25, 0.3) is 0 Å². The van der Waals surface area contributed by atoms with Crippen molar-refractivity contribution < 1.29 is 19.1 Å². The first-order chi connectivity index (χ1) is 11.6. The Morgan fingerprint density at radius 1 is 1.04 bits per heavy atom. The van der Waals surface area contributed by atoms with Crippen LogP contribution in [-0.2, 0) is 22.7 Å². The molecule has 1 aliphatic heterocycles. The fraction of sp³-hybridized carbons (Fsp3) is 0.222. The summed E-state index contributed by atoms with van der Waals surface area (Å²) in [7, 11) is 1.61. The van der Waals surface area contributed by atoms with Crippen LogP contribution in [0.4, 0.5) is 0 Å².